The molecule has 128 valence electrons. The van der Waals surface area contributed by atoms with Gasteiger partial charge in [0.05, 0.1) is 19.6 Å². The molecule has 23 heavy (non-hydrogen) atoms. The summed E-state index contributed by atoms with van der Waals surface area (Å²) in [5.74, 6) is -0.0584. The van der Waals surface area contributed by atoms with Crippen molar-refractivity contribution in [2.24, 2.45) is 0 Å². The van der Waals surface area contributed by atoms with Crippen molar-refractivity contribution >= 4 is 5.97 Å². The number of benzene rings is 1. The monoisotopic (exact) mass is 324 g/mol. The van der Waals surface area contributed by atoms with Crippen molar-refractivity contribution in [1.82, 2.24) is 0 Å². The van der Waals surface area contributed by atoms with Crippen LogP contribution >= 0.6 is 0 Å². The van der Waals surface area contributed by atoms with E-state index in [0.717, 1.165) is 19.3 Å². The number of ether oxygens (including phenoxy) is 2. The van der Waals surface area contributed by atoms with E-state index in [-0.39, 0.29) is 0 Å². The lowest BCUT2D eigenvalue weighted by atomic mass is 9.68. The number of carboxylic acids is 1. The summed E-state index contributed by atoms with van der Waals surface area (Å²) in [6.45, 7) is 2.88. The highest BCUT2D eigenvalue weighted by Crippen LogP contribution is 2.47. The summed E-state index contributed by atoms with van der Waals surface area (Å²) < 4.78 is 25.3. The molecule has 1 saturated carbocycles. The van der Waals surface area contributed by atoms with Gasteiger partial charge in [0.1, 0.15) is 17.2 Å². The molecule has 0 bridgehead atoms. The number of methoxy groups -OCH3 is 2. The normalized spacial score (nSPS) is 17.6. The quantitative estimate of drug-likeness (QED) is 0.882. The van der Waals surface area contributed by atoms with E-state index in [2.05, 4.69) is 0 Å². The second kappa shape index (κ2) is 6.38. The van der Waals surface area contributed by atoms with Gasteiger partial charge in [-0.2, -0.15) is 0 Å². The first-order chi connectivity index (χ1) is 10.8. The summed E-state index contributed by atoms with van der Waals surface area (Å²) in [5.41, 5.74) is -1.76. The van der Waals surface area contributed by atoms with E-state index in [4.69, 9.17) is 9.47 Å². The molecule has 0 heterocycles. The van der Waals surface area contributed by atoms with Crippen LogP contribution in [-0.4, -0.2) is 25.3 Å². The summed E-state index contributed by atoms with van der Waals surface area (Å²) in [6.07, 6.45) is 3.79. The van der Waals surface area contributed by atoms with Gasteiger partial charge in [0.2, 0.25) is 0 Å². The minimum atomic E-state index is -1.64. The zero-order valence-corrected chi connectivity index (χ0v) is 14.2. The Morgan fingerprint density at radius 1 is 1.13 bits per heavy atom. The molecule has 0 unspecified atom stereocenters. The van der Waals surface area contributed by atoms with E-state index in [9.17, 15) is 14.3 Å². The number of hydrogen-bond donors (Lipinski definition) is 1. The standard InChI is InChI=1S/C18H25FO4/c1-17(2,19)12-10-13(15(23-4)11-14(12)22-3)18(16(20)21)8-6-5-7-9-18/h10-11H,5-9H2,1-4H3,(H,20,21). The number of halogens is 1. The molecule has 1 aliphatic rings. The third-order valence-corrected chi connectivity index (χ3v) is 4.79. The molecule has 0 aliphatic heterocycles. The lowest BCUT2D eigenvalue weighted by Gasteiger charge is -2.35. The van der Waals surface area contributed by atoms with Gasteiger partial charge in [-0.15, -0.1) is 0 Å². The van der Waals surface area contributed by atoms with Crippen LogP contribution in [0.2, 0.25) is 0 Å². The van der Waals surface area contributed by atoms with E-state index < -0.39 is 17.1 Å². The van der Waals surface area contributed by atoms with Crippen LogP contribution in [-0.2, 0) is 15.9 Å². The zero-order valence-electron chi connectivity index (χ0n) is 14.2. The van der Waals surface area contributed by atoms with Crippen LogP contribution in [0.1, 0.15) is 57.1 Å². The van der Waals surface area contributed by atoms with Gasteiger partial charge in [-0.05, 0) is 32.8 Å². The maximum Gasteiger partial charge on any atom is 0.314 e. The van der Waals surface area contributed by atoms with Crippen molar-refractivity contribution in [1.29, 1.82) is 0 Å². The second-order valence-corrected chi connectivity index (χ2v) is 6.67. The van der Waals surface area contributed by atoms with E-state index >= 15 is 0 Å². The Hall–Kier alpha value is -1.78. The molecule has 0 amide bonds. The molecule has 1 N–H and O–H groups in total. The molecule has 1 aromatic carbocycles. The Bertz CT molecular complexity index is 583. The van der Waals surface area contributed by atoms with Crippen molar-refractivity contribution in [2.45, 2.75) is 57.0 Å². The Morgan fingerprint density at radius 3 is 2.13 bits per heavy atom. The SMILES string of the molecule is COc1cc(OC)c(C2(C(=O)O)CCCCC2)cc1C(C)(C)F. The minimum absolute atomic E-state index is 0.349. The number of hydrogen-bond acceptors (Lipinski definition) is 3. The fraction of sp³-hybridized carbons (Fsp3) is 0.611. The largest absolute Gasteiger partial charge is 0.496 e. The number of rotatable bonds is 5. The minimum Gasteiger partial charge on any atom is -0.496 e. The summed E-state index contributed by atoms with van der Waals surface area (Å²) in [5, 5.41) is 9.90. The molecule has 0 atom stereocenters. The molecule has 0 radical (unpaired) electrons. The number of aliphatic carboxylic acids is 1. The van der Waals surface area contributed by atoms with Crippen LogP contribution in [0.25, 0.3) is 0 Å². The fourth-order valence-corrected chi connectivity index (χ4v) is 3.49. The van der Waals surface area contributed by atoms with Gasteiger partial charge in [0, 0.05) is 17.2 Å². The molecule has 0 spiro atoms. The topological polar surface area (TPSA) is 55.8 Å². The first-order valence-electron chi connectivity index (χ1n) is 7.95. The summed E-state index contributed by atoms with van der Waals surface area (Å²) in [4.78, 5) is 12.1. The summed E-state index contributed by atoms with van der Waals surface area (Å²) >= 11 is 0. The van der Waals surface area contributed by atoms with Crippen molar-refractivity contribution in [3.05, 3.63) is 23.3 Å². The lowest BCUT2D eigenvalue weighted by Crippen LogP contribution is -2.38. The van der Waals surface area contributed by atoms with E-state index in [1.54, 1.807) is 12.1 Å². The molecule has 1 fully saturated rings. The first-order valence-corrected chi connectivity index (χ1v) is 7.95. The van der Waals surface area contributed by atoms with Crippen LogP contribution in [0.3, 0.4) is 0 Å². The molecule has 0 aromatic heterocycles. The molecule has 0 saturated heterocycles. The third-order valence-electron chi connectivity index (χ3n) is 4.79. The molecule has 5 heteroatoms. The number of alkyl halides is 1. The average Bonchev–Trinajstić information content (AvgIpc) is 2.53. The molecule has 1 aliphatic carbocycles. The number of carbonyl (C=O) groups is 1. The van der Waals surface area contributed by atoms with Crippen molar-refractivity contribution < 1.29 is 23.8 Å². The summed E-state index contributed by atoms with van der Waals surface area (Å²) in [6, 6.07) is 3.22. The van der Waals surface area contributed by atoms with Gasteiger partial charge in [-0.25, -0.2) is 4.39 Å². The fourth-order valence-electron chi connectivity index (χ4n) is 3.49. The lowest BCUT2D eigenvalue weighted by molar-refractivity contribution is -0.145. The highest BCUT2D eigenvalue weighted by atomic mass is 19.1. The van der Waals surface area contributed by atoms with Crippen molar-refractivity contribution in [3.63, 3.8) is 0 Å². The third kappa shape index (κ3) is 3.14. The zero-order chi connectivity index (χ0) is 17.3. The van der Waals surface area contributed by atoms with E-state index in [0.29, 0.717) is 35.5 Å². The number of carboxylic acid groups (broad SMARTS) is 1. The van der Waals surface area contributed by atoms with Crippen LogP contribution < -0.4 is 9.47 Å². The molecular weight excluding hydrogens is 299 g/mol. The predicted octanol–water partition coefficient (Wildman–Crippen LogP) is 4.19. The van der Waals surface area contributed by atoms with Crippen molar-refractivity contribution in [2.75, 3.05) is 14.2 Å². The predicted molar refractivity (Wildman–Crippen MR) is 86.1 cm³/mol. The molecule has 2 rings (SSSR count). The summed E-state index contributed by atoms with van der Waals surface area (Å²) in [7, 11) is 2.97. The van der Waals surface area contributed by atoms with Crippen LogP contribution in [0.15, 0.2) is 12.1 Å². The second-order valence-electron chi connectivity index (χ2n) is 6.67. The first kappa shape index (κ1) is 17.6. The van der Waals surface area contributed by atoms with Gasteiger partial charge in [-0.1, -0.05) is 19.3 Å². The molecule has 1 aromatic rings. The van der Waals surface area contributed by atoms with Crippen molar-refractivity contribution in [3.8, 4) is 11.5 Å². The van der Waals surface area contributed by atoms with E-state index in [1.165, 1.54) is 28.1 Å². The van der Waals surface area contributed by atoms with Crippen LogP contribution in [0.5, 0.6) is 11.5 Å². The van der Waals surface area contributed by atoms with Gasteiger partial charge >= 0.3 is 5.97 Å². The van der Waals surface area contributed by atoms with Gasteiger partial charge in [-0.3, -0.25) is 4.79 Å². The smallest absolute Gasteiger partial charge is 0.314 e. The van der Waals surface area contributed by atoms with Crippen LogP contribution in [0, 0.1) is 0 Å². The Balaban J connectivity index is 2.70. The Labute approximate surface area is 136 Å². The maximum absolute atomic E-state index is 14.6. The highest BCUT2D eigenvalue weighted by molar-refractivity contribution is 5.83. The highest BCUT2D eigenvalue weighted by Gasteiger charge is 2.44. The van der Waals surface area contributed by atoms with Gasteiger partial charge < -0.3 is 14.6 Å². The van der Waals surface area contributed by atoms with Gasteiger partial charge in [0.25, 0.3) is 0 Å². The Kier molecular flexibility index (Phi) is 4.87. The molecule has 4 nitrogen and oxygen atoms in total. The molecular formula is C18H25FO4. The van der Waals surface area contributed by atoms with Crippen LogP contribution in [0.4, 0.5) is 4.39 Å². The van der Waals surface area contributed by atoms with Gasteiger partial charge in [0.15, 0.2) is 0 Å². The average molecular weight is 324 g/mol. The maximum atomic E-state index is 14.6. The Morgan fingerprint density at radius 2 is 1.70 bits per heavy atom. The van der Waals surface area contributed by atoms with E-state index in [1.807, 2.05) is 0 Å².